The SMILES string of the molecule is O=[N+]([O-])c1cnc(N(Cc2ccccc2)C2CC2)nc1NC1CC1. The fourth-order valence-electron chi connectivity index (χ4n) is 2.69. The molecule has 124 valence electrons. The van der Waals surface area contributed by atoms with E-state index in [-0.39, 0.29) is 5.69 Å². The normalized spacial score (nSPS) is 16.7. The summed E-state index contributed by atoms with van der Waals surface area (Å²) in [4.78, 5) is 21.7. The van der Waals surface area contributed by atoms with Crippen molar-refractivity contribution in [2.45, 2.75) is 44.3 Å². The van der Waals surface area contributed by atoms with Crippen LogP contribution in [0.15, 0.2) is 36.5 Å². The van der Waals surface area contributed by atoms with E-state index in [0.717, 1.165) is 25.7 Å². The summed E-state index contributed by atoms with van der Waals surface area (Å²) >= 11 is 0. The Morgan fingerprint density at radius 1 is 1.21 bits per heavy atom. The summed E-state index contributed by atoms with van der Waals surface area (Å²) in [6.45, 7) is 0.714. The Morgan fingerprint density at radius 3 is 2.58 bits per heavy atom. The van der Waals surface area contributed by atoms with Crippen LogP contribution < -0.4 is 10.2 Å². The second-order valence-electron chi connectivity index (χ2n) is 6.42. The molecular weight excluding hydrogens is 306 g/mol. The predicted molar refractivity (Wildman–Crippen MR) is 91.0 cm³/mol. The van der Waals surface area contributed by atoms with Gasteiger partial charge in [-0.05, 0) is 31.2 Å². The van der Waals surface area contributed by atoms with Gasteiger partial charge in [-0.15, -0.1) is 0 Å². The molecule has 0 bridgehead atoms. The van der Waals surface area contributed by atoms with Gasteiger partial charge in [-0.25, -0.2) is 4.98 Å². The molecule has 0 saturated heterocycles. The molecule has 0 spiro atoms. The van der Waals surface area contributed by atoms with E-state index >= 15 is 0 Å². The Bertz CT molecular complexity index is 744. The van der Waals surface area contributed by atoms with Crippen LogP contribution in [0.25, 0.3) is 0 Å². The lowest BCUT2D eigenvalue weighted by atomic mass is 10.2. The van der Waals surface area contributed by atoms with E-state index in [1.54, 1.807) is 0 Å². The van der Waals surface area contributed by atoms with Gasteiger partial charge in [0.2, 0.25) is 11.8 Å². The largest absolute Gasteiger partial charge is 0.361 e. The highest BCUT2D eigenvalue weighted by Crippen LogP contribution is 2.34. The van der Waals surface area contributed by atoms with Crippen LogP contribution in [0.5, 0.6) is 0 Å². The monoisotopic (exact) mass is 325 g/mol. The molecule has 0 amide bonds. The maximum atomic E-state index is 11.2. The molecule has 7 nitrogen and oxygen atoms in total. The molecule has 1 N–H and O–H groups in total. The van der Waals surface area contributed by atoms with Crippen molar-refractivity contribution in [3.05, 3.63) is 52.2 Å². The van der Waals surface area contributed by atoms with Crippen molar-refractivity contribution in [1.29, 1.82) is 0 Å². The third kappa shape index (κ3) is 3.29. The molecular formula is C17H19N5O2. The van der Waals surface area contributed by atoms with Crippen molar-refractivity contribution >= 4 is 17.5 Å². The molecule has 1 heterocycles. The van der Waals surface area contributed by atoms with Crippen molar-refractivity contribution in [3.8, 4) is 0 Å². The summed E-state index contributed by atoms with van der Waals surface area (Å²) in [6, 6.07) is 10.9. The highest BCUT2D eigenvalue weighted by atomic mass is 16.6. The Morgan fingerprint density at radius 2 is 1.96 bits per heavy atom. The van der Waals surface area contributed by atoms with Gasteiger partial charge in [-0.1, -0.05) is 30.3 Å². The summed E-state index contributed by atoms with van der Waals surface area (Å²) in [6.07, 6.45) is 5.62. The van der Waals surface area contributed by atoms with E-state index in [2.05, 4.69) is 32.3 Å². The molecule has 2 saturated carbocycles. The van der Waals surface area contributed by atoms with Crippen LogP contribution in [0, 0.1) is 10.1 Å². The molecule has 1 aromatic heterocycles. The summed E-state index contributed by atoms with van der Waals surface area (Å²) in [5.74, 6) is 0.904. The standard InChI is InChI=1S/C17H19N5O2/c23-22(24)15-10-18-17(20-16(15)19-13-6-7-13)21(14-8-9-14)11-12-4-2-1-3-5-12/h1-5,10,13-14H,6-9,11H2,(H,18,19,20). The minimum atomic E-state index is -0.423. The number of nitrogens with zero attached hydrogens (tertiary/aromatic N) is 4. The lowest BCUT2D eigenvalue weighted by molar-refractivity contribution is -0.384. The topological polar surface area (TPSA) is 84.2 Å². The first-order chi connectivity index (χ1) is 11.7. The number of benzene rings is 1. The van der Waals surface area contributed by atoms with Crippen molar-refractivity contribution in [1.82, 2.24) is 9.97 Å². The Hall–Kier alpha value is -2.70. The molecule has 0 unspecified atom stereocenters. The Kier molecular flexibility index (Phi) is 3.76. The zero-order chi connectivity index (χ0) is 16.5. The first kappa shape index (κ1) is 14.9. The Labute approximate surface area is 139 Å². The zero-order valence-corrected chi connectivity index (χ0v) is 13.3. The van der Waals surface area contributed by atoms with Crippen LogP contribution in [0.4, 0.5) is 17.5 Å². The van der Waals surface area contributed by atoms with Gasteiger partial charge >= 0.3 is 5.69 Å². The third-order valence-electron chi connectivity index (χ3n) is 4.31. The smallest absolute Gasteiger partial charge is 0.329 e. The van der Waals surface area contributed by atoms with Gasteiger partial charge in [-0.2, -0.15) is 4.98 Å². The first-order valence-electron chi connectivity index (χ1n) is 8.29. The van der Waals surface area contributed by atoms with Gasteiger partial charge in [0.05, 0.1) is 4.92 Å². The highest BCUT2D eigenvalue weighted by molar-refractivity contribution is 5.58. The third-order valence-corrected chi connectivity index (χ3v) is 4.31. The van der Waals surface area contributed by atoms with Crippen LogP contribution >= 0.6 is 0 Å². The molecule has 2 aliphatic rings. The number of aromatic nitrogens is 2. The second-order valence-corrected chi connectivity index (χ2v) is 6.42. The molecule has 0 atom stereocenters. The van der Waals surface area contributed by atoms with E-state index in [4.69, 9.17) is 0 Å². The molecule has 7 heteroatoms. The zero-order valence-electron chi connectivity index (χ0n) is 13.3. The van der Waals surface area contributed by atoms with Crippen LogP contribution in [0.2, 0.25) is 0 Å². The molecule has 2 aliphatic carbocycles. The van der Waals surface area contributed by atoms with Crippen LogP contribution in [0.3, 0.4) is 0 Å². The first-order valence-corrected chi connectivity index (χ1v) is 8.29. The second kappa shape index (κ2) is 6.07. The van der Waals surface area contributed by atoms with Crippen molar-refractivity contribution < 1.29 is 4.92 Å². The van der Waals surface area contributed by atoms with Gasteiger partial charge in [-0.3, -0.25) is 10.1 Å². The lowest BCUT2D eigenvalue weighted by Crippen LogP contribution is -2.27. The molecule has 2 aromatic rings. The average molecular weight is 325 g/mol. The maximum Gasteiger partial charge on any atom is 0.329 e. The van der Waals surface area contributed by atoms with Crippen molar-refractivity contribution in [2.24, 2.45) is 0 Å². The van der Waals surface area contributed by atoms with E-state index < -0.39 is 4.92 Å². The number of hydrogen-bond acceptors (Lipinski definition) is 6. The lowest BCUT2D eigenvalue weighted by Gasteiger charge is -2.22. The minimum absolute atomic E-state index is 0.0545. The van der Waals surface area contributed by atoms with Gasteiger partial charge in [0.15, 0.2) is 0 Å². The summed E-state index contributed by atoms with van der Waals surface area (Å²) in [5.41, 5.74) is 1.13. The Balaban J connectivity index is 1.63. The molecule has 2 fully saturated rings. The molecule has 4 rings (SSSR count). The maximum absolute atomic E-state index is 11.2. The highest BCUT2D eigenvalue weighted by Gasteiger charge is 2.33. The van der Waals surface area contributed by atoms with Crippen LogP contribution in [-0.2, 0) is 6.54 Å². The predicted octanol–water partition coefficient (Wildman–Crippen LogP) is 3.13. The average Bonchev–Trinajstić information content (AvgIpc) is 3.47. The molecule has 1 aromatic carbocycles. The molecule has 24 heavy (non-hydrogen) atoms. The van der Waals surface area contributed by atoms with E-state index in [1.807, 2.05) is 18.2 Å². The minimum Gasteiger partial charge on any atom is -0.361 e. The van der Waals surface area contributed by atoms with Crippen LogP contribution in [0.1, 0.15) is 31.2 Å². The summed E-state index contributed by atoms with van der Waals surface area (Å²) in [7, 11) is 0. The summed E-state index contributed by atoms with van der Waals surface area (Å²) in [5, 5.41) is 14.4. The number of hydrogen-bond donors (Lipinski definition) is 1. The number of anilines is 2. The van der Waals surface area contributed by atoms with Crippen LogP contribution in [-0.4, -0.2) is 27.0 Å². The van der Waals surface area contributed by atoms with Crippen molar-refractivity contribution in [2.75, 3.05) is 10.2 Å². The fourth-order valence-corrected chi connectivity index (χ4v) is 2.69. The van der Waals surface area contributed by atoms with Gasteiger partial charge in [0.1, 0.15) is 6.20 Å². The van der Waals surface area contributed by atoms with Crippen molar-refractivity contribution in [3.63, 3.8) is 0 Å². The summed E-state index contributed by atoms with van der Waals surface area (Å²) < 4.78 is 0. The number of rotatable bonds is 7. The number of nitrogens with one attached hydrogen (secondary N) is 1. The van der Waals surface area contributed by atoms with Gasteiger partial charge in [0, 0.05) is 18.6 Å². The molecule has 0 radical (unpaired) electrons. The quantitative estimate of drug-likeness (QED) is 0.622. The van der Waals surface area contributed by atoms with E-state index in [1.165, 1.54) is 11.8 Å². The van der Waals surface area contributed by atoms with E-state index in [9.17, 15) is 10.1 Å². The van der Waals surface area contributed by atoms with Gasteiger partial charge in [0.25, 0.3) is 0 Å². The van der Waals surface area contributed by atoms with Gasteiger partial charge < -0.3 is 10.2 Å². The number of nitro groups is 1. The van der Waals surface area contributed by atoms with E-state index in [0.29, 0.717) is 30.4 Å². The molecule has 0 aliphatic heterocycles. The fraction of sp³-hybridized carbons (Fsp3) is 0.412.